The van der Waals surface area contributed by atoms with E-state index in [9.17, 15) is 4.39 Å². The Morgan fingerprint density at radius 2 is 1.95 bits per heavy atom. The Hall–Kier alpha value is -1.39. The minimum absolute atomic E-state index is 0.00257. The maximum Gasteiger partial charge on any atom is 0.128 e. The van der Waals surface area contributed by atoms with E-state index in [0.29, 0.717) is 12.1 Å². The summed E-state index contributed by atoms with van der Waals surface area (Å²) >= 11 is 3.56. The van der Waals surface area contributed by atoms with E-state index in [2.05, 4.69) is 15.9 Å². The molecule has 0 spiro atoms. The molecule has 2 aromatic rings. The van der Waals surface area contributed by atoms with Gasteiger partial charge in [-0.05, 0) is 46.6 Å². The molecule has 0 aliphatic carbocycles. The zero-order valence-corrected chi connectivity index (χ0v) is 13.2. The second-order valence-electron chi connectivity index (χ2n) is 4.95. The lowest BCUT2D eigenvalue weighted by atomic mass is 10.1. The molecule has 2 nitrogen and oxygen atoms in total. The number of nitrogens with zero attached hydrogens (tertiary/aromatic N) is 1. The van der Waals surface area contributed by atoms with Gasteiger partial charge in [-0.25, -0.2) is 4.39 Å². The van der Waals surface area contributed by atoms with E-state index in [0.717, 1.165) is 15.7 Å². The van der Waals surface area contributed by atoms with Crippen LogP contribution in [0.5, 0.6) is 0 Å². The third-order valence-corrected chi connectivity index (χ3v) is 3.91. The molecule has 0 heterocycles. The molecular formula is C16H18BrFN2. The Labute approximate surface area is 127 Å². The van der Waals surface area contributed by atoms with Crippen molar-refractivity contribution < 1.29 is 4.39 Å². The first-order valence-corrected chi connectivity index (χ1v) is 7.28. The summed E-state index contributed by atoms with van der Waals surface area (Å²) in [5.74, 6) is -0.178. The summed E-state index contributed by atoms with van der Waals surface area (Å²) in [6.45, 7) is 2.47. The van der Waals surface area contributed by atoms with Crippen LogP contribution in [0.4, 0.5) is 10.1 Å². The summed E-state index contributed by atoms with van der Waals surface area (Å²) in [6, 6.07) is 12.8. The van der Waals surface area contributed by atoms with Crippen LogP contribution in [0, 0.1) is 5.82 Å². The van der Waals surface area contributed by atoms with Crippen LogP contribution in [0.25, 0.3) is 0 Å². The van der Waals surface area contributed by atoms with Crippen LogP contribution in [0.1, 0.15) is 24.1 Å². The van der Waals surface area contributed by atoms with E-state index < -0.39 is 0 Å². The van der Waals surface area contributed by atoms with Crippen molar-refractivity contribution in [1.82, 2.24) is 0 Å². The highest BCUT2D eigenvalue weighted by molar-refractivity contribution is 9.10. The van der Waals surface area contributed by atoms with Gasteiger partial charge >= 0.3 is 0 Å². The molecule has 2 N–H and O–H groups in total. The summed E-state index contributed by atoms with van der Waals surface area (Å²) in [5.41, 5.74) is 8.63. The molecule has 2 rings (SSSR count). The summed E-state index contributed by atoms with van der Waals surface area (Å²) in [5, 5.41) is 0. The number of nitrogens with two attached hydrogens (primary N) is 1. The SMILES string of the molecule is C[C@@H](N)c1ccc(N(C)Cc2ccccc2F)c(Br)c1. The number of hydrogen-bond acceptors (Lipinski definition) is 2. The van der Waals surface area contributed by atoms with E-state index in [1.165, 1.54) is 6.07 Å². The molecule has 0 aromatic heterocycles. The van der Waals surface area contributed by atoms with Gasteiger partial charge in [-0.15, -0.1) is 0 Å². The molecule has 0 unspecified atom stereocenters. The minimum Gasteiger partial charge on any atom is -0.369 e. The van der Waals surface area contributed by atoms with E-state index in [1.54, 1.807) is 12.1 Å². The largest absolute Gasteiger partial charge is 0.369 e. The van der Waals surface area contributed by atoms with Crippen LogP contribution in [0.3, 0.4) is 0 Å². The van der Waals surface area contributed by atoms with Gasteiger partial charge in [0.15, 0.2) is 0 Å². The van der Waals surface area contributed by atoms with Gasteiger partial charge in [0.2, 0.25) is 0 Å². The average molecular weight is 337 g/mol. The van der Waals surface area contributed by atoms with Crippen molar-refractivity contribution in [1.29, 1.82) is 0 Å². The normalized spacial score (nSPS) is 12.2. The van der Waals surface area contributed by atoms with E-state index in [1.807, 2.05) is 43.1 Å². The molecule has 0 aliphatic heterocycles. The highest BCUT2D eigenvalue weighted by atomic mass is 79.9. The van der Waals surface area contributed by atoms with Crippen molar-refractivity contribution in [3.8, 4) is 0 Å². The van der Waals surface area contributed by atoms with Crippen LogP contribution in [-0.2, 0) is 6.54 Å². The molecule has 0 radical (unpaired) electrons. The average Bonchev–Trinajstić information content (AvgIpc) is 2.41. The molecule has 0 bridgehead atoms. The zero-order chi connectivity index (χ0) is 14.7. The van der Waals surface area contributed by atoms with Gasteiger partial charge in [-0.3, -0.25) is 0 Å². The van der Waals surface area contributed by atoms with Crippen LogP contribution in [0.2, 0.25) is 0 Å². The molecule has 4 heteroatoms. The Kier molecular flexibility index (Phi) is 4.78. The van der Waals surface area contributed by atoms with Gasteiger partial charge in [0.25, 0.3) is 0 Å². The molecule has 20 heavy (non-hydrogen) atoms. The molecular weight excluding hydrogens is 319 g/mol. The van der Waals surface area contributed by atoms with Crippen LogP contribution >= 0.6 is 15.9 Å². The fourth-order valence-electron chi connectivity index (χ4n) is 2.08. The molecule has 2 aromatic carbocycles. The van der Waals surface area contributed by atoms with Gasteiger partial charge in [0.05, 0.1) is 5.69 Å². The molecule has 0 aliphatic rings. The van der Waals surface area contributed by atoms with Crippen molar-refractivity contribution >= 4 is 21.6 Å². The Bertz CT molecular complexity index is 599. The quantitative estimate of drug-likeness (QED) is 0.904. The van der Waals surface area contributed by atoms with E-state index >= 15 is 0 Å². The van der Waals surface area contributed by atoms with Crippen molar-refractivity contribution in [3.63, 3.8) is 0 Å². The first-order chi connectivity index (χ1) is 9.49. The van der Waals surface area contributed by atoms with Crippen LogP contribution in [-0.4, -0.2) is 7.05 Å². The predicted molar refractivity (Wildman–Crippen MR) is 85.3 cm³/mol. The van der Waals surface area contributed by atoms with E-state index in [-0.39, 0.29) is 11.9 Å². The van der Waals surface area contributed by atoms with Crippen molar-refractivity contribution in [2.75, 3.05) is 11.9 Å². The number of benzene rings is 2. The Balaban J connectivity index is 2.21. The van der Waals surface area contributed by atoms with Gasteiger partial charge in [0, 0.05) is 29.7 Å². The summed E-state index contributed by atoms with van der Waals surface area (Å²) < 4.78 is 14.6. The van der Waals surface area contributed by atoms with E-state index in [4.69, 9.17) is 5.73 Å². The second-order valence-corrected chi connectivity index (χ2v) is 5.80. The standard InChI is InChI=1S/C16H18BrFN2/c1-11(19)12-7-8-16(14(17)9-12)20(2)10-13-5-3-4-6-15(13)18/h3-9,11H,10,19H2,1-2H3/t11-/m1/s1. The second kappa shape index (κ2) is 6.37. The summed E-state index contributed by atoms with van der Waals surface area (Å²) in [6.07, 6.45) is 0. The van der Waals surface area contributed by atoms with Crippen LogP contribution < -0.4 is 10.6 Å². The zero-order valence-electron chi connectivity index (χ0n) is 11.6. The predicted octanol–water partition coefficient (Wildman–Crippen LogP) is 4.24. The van der Waals surface area contributed by atoms with Crippen molar-refractivity contribution in [2.24, 2.45) is 5.73 Å². The van der Waals surface area contributed by atoms with Crippen LogP contribution in [0.15, 0.2) is 46.9 Å². The van der Waals surface area contributed by atoms with Gasteiger partial charge in [0.1, 0.15) is 5.82 Å². The first-order valence-electron chi connectivity index (χ1n) is 6.48. The highest BCUT2D eigenvalue weighted by Crippen LogP contribution is 2.29. The molecule has 0 fully saturated rings. The maximum absolute atomic E-state index is 13.7. The number of anilines is 1. The fraction of sp³-hybridized carbons (Fsp3) is 0.250. The van der Waals surface area contributed by atoms with Gasteiger partial charge in [-0.2, -0.15) is 0 Å². The topological polar surface area (TPSA) is 29.3 Å². The lowest BCUT2D eigenvalue weighted by molar-refractivity contribution is 0.608. The molecule has 1 atom stereocenters. The smallest absolute Gasteiger partial charge is 0.128 e. The number of rotatable bonds is 4. The lowest BCUT2D eigenvalue weighted by Gasteiger charge is -2.22. The Morgan fingerprint density at radius 3 is 2.55 bits per heavy atom. The summed E-state index contributed by atoms with van der Waals surface area (Å²) in [7, 11) is 1.94. The molecule has 0 amide bonds. The third kappa shape index (κ3) is 3.38. The van der Waals surface area contributed by atoms with Crippen molar-refractivity contribution in [2.45, 2.75) is 19.5 Å². The monoisotopic (exact) mass is 336 g/mol. The number of hydrogen-bond donors (Lipinski definition) is 1. The molecule has 0 saturated heterocycles. The lowest BCUT2D eigenvalue weighted by Crippen LogP contribution is -2.18. The first kappa shape index (κ1) is 15.0. The van der Waals surface area contributed by atoms with Crippen molar-refractivity contribution in [3.05, 3.63) is 63.9 Å². The minimum atomic E-state index is -0.178. The summed E-state index contributed by atoms with van der Waals surface area (Å²) in [4.78, 5) is 2.01. The third-order valence-electron chi connectivity index (χ3n) is 3.27. The van der Waals surface area contributed by atoms with Gasteiger partial charge in [-0.1, -0.05) is 24.3 Å². The maximum atomic E-state index is 13.7. The number of halogens is 2. The Morgan fingerprint density at radius 1 is 1.25 bits per heavy atom. The fourth-order valence-corrected chi connectivity index (χ4v) is 2.78. The molecule has 0 saturated carbocycles. The van der Waals surface area contributed by atoms with Gasteiger partial charge < -0.3 is 10.6 Å². The highest BCUT2D eigenvalue weighted by Gasteiger charge is 2.10. The molecule has 106 valence electrons.